The van der Waals surface area contributed by atoms with Gasteiger partial charge in [-0.05, 0) is 33.3 Å². The maximum atomic E-state index is 5.51. The predicted octanol–water partition coefficient (Wildman–Crippen LogP) is 2.93. The maximum absolute atomic E-state index is 5.51. The number of hydrogen-bond donors (Lipinski definition) is 1. The van der Waals surface area contributed by atoms with Crippen LogP contribution in [0.5, 0.6) is 5.88 Å². The zero-order valence-electron chi connectivity index (χ0n) is 12.0. The highest BCUT2D eigenvalue weighted by Gasteiger charge is 2.09. The van der Waals surface area contributed by atoms with Gasteiger partial charge in [0.2, 0.25) is 5.88 Å². The molecule has 0 saturated heterocycles. The molecular formula is C14H25N3O. The molecule has 0 aliphatic rings. The number of ether oxygens (including phenoxy) is 1. The molecule has 1 rings (SSSR count). The molecule has 0 aliphatic carbocycles. The lowest BCUT2D eigenvalue weighted by molar-refractivity contribution is 0.291. The largest absolute Gasteiger partial charge is 0.477 e. The van der Waals surface area contributed by atoms with Crippen LogP contribution in [0.3, 0.4) is 0 Å². The van der Waals surface area contributed by atoms with Crippen LogP contribution >= 0.6 is 0 Å². The van der Waals surface area contributed by atoms with E-state index in [9.17, 15) is 0 Å². The van der Waals surface area contributed by atoms with Gasteiger partial charge in [-0.3, -0.25) is 0 Å². The van der Waals surface area contributed by atoms with E-state index >= 15 is 0 Å². The summed E-state index contributed by atoms with van der Waals surface area (Å²) in [5.41, 5.74) is 1.03. The molecule has 4 heteroatoms. The van der Waals surface area contributed by atoms with Crippen LogP contribution in [0.2, 0.25) is 0 Å². The third kappa shape index (κ3) is 6.55. The van der Waals surface area contributed by atoms with Gasteiger partial charge in [-0.15, -0.1) is 5.10 Å². The fourth-order valence-electron chi connectivity index (χ4n) is 1.40. The maximum Gasteiger partial charge on any atom is 0.233 e. The van der Waals surface area contributed by atoms with E-state index in [0.29, 0.717) is 5.88 Å². The lowest BCUT2D eigenvalue weighted by atomic mass is 10.1. The first-order chi connectivity index (χ1) is 8.51. The van der Waals surface area contributed by atoms with Crippen molar-refractivity contribution in [1.29, 1.82) is 0 Å². The van der Waals surface area contributed by atoms with Crippen molar-refractivity contribution in [3.05, 3.63) is 17.8 Å². The Morgan fingerprint density at radius 2 is 1.94 bits per heavy atom. The van der Waals surface area contributed by atoms with E-state index in [0.717, 1.165) is 25.3 Å². The number of unbranched alkanes of at least 4 members (excludes halogenated alkanes) is 2. The average Bonchev–Trinajstić information content (AvgIpc) is 2.33. The summed E-state index contributed by atoms with van der Waals surface area (Å²) >= 11 is 0. The quantitative estimate of drug-likeness (QED) is 0.757. The van der Waals surface area contributed by atoms with Crippen LogP contribution in [0.25, 0.3) is 0 Å². The highest BCUT2D eigenvalue weighted by Crippen LogP contribution is 2.07. The van der Waals surface area contributed by atoms with Crippen molar-refractivity contribution in [2.45, 2.75) is 59.0 Å². The molecule has 1 N–H and O–H groups in total. The van der Waals surface area contributed by atoms with Crippen LogP contribution in [0, 0.1) is 0 Å². The zero-order valence-corrected chi connectivity index (χ0v) is 12.0. The van der Waals surface area contributed by atoms with E-state index < -0.39 is 0 Å². The molecule has 0 fully saturated rings. The van der Waals surface area contributed by atoms with Crippen LogP contribution in [0.15, 0.2) is 12.1 Å². The summed E-state index contributed by atoms with van der Waals surface area (Å²) in [7, 11) is 0. The number of hydrogen-bond acceptors (Lipinski definition) is 4. The fraction of sp³-hybridized carbons (Fsp3) is 0.714. The molecule has 0 saturated carbocycles. The van der Waals surface area contributed by atoms with Crippen LogP contribution in [-0.2, 0) is 6.54 Å². The molecule has 102 valence electrons. The van der Waals surface area contributed by atoms with E-state index in [1.54, 1.807) is 0 Å². The number of rotatable bonds is 7. The summed E-state index contributed by atoms with van der Waals surface area (Å²) in [4.78, 5) is 0. The van der Waals surface area contributed by atoms with E-state index in [-0.39, 0.29) is 5.54 Å². The molecule has 1 aromatic heterocycles. The van der Waals surface area contributed by atoms with Crippen molar-refractivity contribution in [2.75, 3.05) is 6.61 Å². The molecule has 18 heavy (non-hydrogen) atoms. The summed E-state index contributed by atoms with van der Waals surface area (Å²) in [5.74, 6) is 0.616. The Bertz CT molecular complexity index is 330. The summed E-state index contributed by atoms with van der Waals surface area (Å²) in [6.45, 7) is 10.0. The Morgan fingerprint density at radius 1 is 1.17 bits per heavy atom. The SMILES string of the molecule is CCCCCOc1ccc(CNC(C)(C)C)nn1. The summed E-state index contributed by atoms with van der Waals surface area (Å²) < 4.78 is 5.51. The molecule has 0 amide bonds. The summed E-state index contributed by atoms with van der Waals surface area (Å²) in [6, 6.07) is 3.85. The minimum atomic E-state index is 0.0942. The van der Waals surface area contributed by atoms with Gasteiger partial charge in [0.1, 0.15) is 0 Å². The van der Waals surface area contributed by atoms with Gasteiger partial charge < -0.3 is 10.1 Å². The topological polar surface area (TPSA) is 47.0 Å². The Balaban J connectivity index is 2.33. The van der Waals surface area contributed by atoms with Crippen LogP contribution in [0.1, 0.15) is 52.7 Å². The van der Waals surface area contributed by atoms with Crippen molar-refractivity contribution < 1.29 is 4.74 Å². The summed E-state index contributed by atoms with van der Waals surface area (Å²) in [5, 5.41) is 11.6. The molecule has 0 aliphatic heterocycles. The predicted molar refractivity (Wildman–Crippen MR) is 73.6 cm³/mol. The van der Waals surface area contributed by atoms with Gasteiger partial charge >= 0.3 is 0 Å². The number of nitrogens with one attached hydrogen (secondary N) is 1. The number of aromatic nitrogens is 2. The van der Waals surface area contributed by atoms with Gasteiger partial charge in [-0.1, -0.05) is 19.8 Å². The normalized spacial score (nSPS) is 11.6. The molecule has 1 heterocycles. The van der Waals surface area contributed by atoms with Gasteiger partial charge in [0.15, 0.2) is 0 Å². The molecule has 0 bridgehead atoms. The van der Waals surface area contributed by atoms with Gasteiger partial charge in [-0.25, -0.2) is 0 Å². The van der Waals surface area contributed by atoms with Gasteiger partial charge in [0, 0.05) is 18.2 Å². The van der Waals surface area contributed by atoms with Gasteiger partial charge in [0.25, 0.3) is 0 Å². The van der Waals surface area contributed by atoms with Crippen LogP contribution in [-0.4, -0.2) is 22.3 Å². The molecule has 0 radical (unpaired) electrons. The molecule has 1 aromatic rings. The van der Waals surface area contributed by atoms with E-state index in [2.05, 4.69) is 43.2 Å². The Kier molecular flexibility index (Phi) is 6.05. The van der Waals surface area contributed by atoms with Crippen molar-refractivity contribution >= 4 is 0 Å². The third-order valence-electron chi connectivity index (χ3n) is 2.49. The third-order valence-corrected chi connectivity index (χ3v) is 2.49. The van der Waals surface area contributed by atoms with Crippen molar-refractivity contribution in [3.63, 3.8) is 0 Å². The Labute approximate surface area is 110 Å². The van der Waals surface area contributed by atoms with E-state index in [1.807, 2.05) is 12.1 Å². The minimum absolute atomic E-state index is 0.0942. The van der Waals surface area contributed by atoms with Crippen molar-refractivity contribution in [3.8, 4) is 5.88 Å². The minimum Gasteiger partial charge on any atom is -0.477 e. The Hall–Kier alpha value is -1.16. The highest BCUT2D eigenvalue weighted by atomic mass is 16.5. The van der Waals surface area contributed by atoms with Crippen molar-refractivity contribution in [2.24, 2.45) is 0 Å². The smallest absolute Gasteiger partial charge is 0.233 e. The second-order valence-electron chi connectivity index (χ2n) is 5.52. The number of nitrogens with zero attached hydrogens (tertiary/aromatic N) is 2. The first-order valence-corrected chi connectivity index (χ1v) is 6.71. The average molecular weight is 251 g/mol. The van der Waals surface area contributed by atoms with Gasteiger partial charge in [-0.2, -0.15) is 5.10 Å². The molecule has 4 nitrogen and oxygen atoms in total. The molecule has 0 spiro atoms. The second kappa shape index (κ2) is 7.31. The first kappa shape index (κ1) is 14.9. The van der Waals surface area contributed by atoms with Crippen LogP contribution in [0.4, 0.5) is 0 Å². The molecular weight excluding hydrogens is 226 g/mol. The lowest BCUT2D eigenvalue weighted by Gasteiger charge is -2.19. The Morgan fingerprint density at radius 3 is 2.50 bits per heavy atom. The van der Waals surface area contributed by atoms with E-state index in [1.165, 1.54) is 12.8 Å². The standard InChI is InChI=1S/C14H25N3O/c1-5-6-7-10-18-13-9-8-12(16-17-13)11-15-14(2,3)4/h8-9,15H,5-7,10-11H2,1-4H3. The van der Waals surface area contributed by atoms with Gasteiger partial charge in [0.05, 0.1) is 12.3 Å². The summed E-state index contributed by atoms with van der Waals surface area (Å²) in [6.07, 6.45) is 3.47. The first-order valence-electron chi connectivity index (χ1n) is 6.71. The second-order valence-corrected chi connectivity index (χ2v) is 5.52. The molecule has 0 aromatic carbocycles. The monoisotopic (exact) mass is 251 g/mol. The van der Waals surface area contributed by atoms with E-state index in [4.69, 9.17) is 4.74 Å². The lowest BCUT2D eigenvalue weighted by Crippen LogP contribution is -2.35. The molecule has 0 unspecified atom stereocenters. The fourth-order valence-corrected chi connectivity index (χ4v) is 1.40. The highest BCUT2D eigenvalue weighted by molar-refractivity contribution is 5.11. The van der Waals surface area contributed by atoms with Crippen molar-refractivity contribution in [1.82, 2.24) is 15.5 Å². The zero-order chi connectivity index (χ0) is 13.4. The molecule has 0 atom stereocenters. The van der Waals surface area contributed by atoms with Crippen LogP contribution < -0.4 is 10.1 Å².